The number of benzene rings is 2. The number of amides is 1. The van der Waals surface area contributed by atoms with Crippen molar-refractivity contribution in [3.05, 3.63) is 59.2 Å². The van der Waals surface area contributed by atoms with Crippen LogP contribution in [0.25, 0.3) is 0 Å². The summed E-state index contributed by atoms with van der Waals surface area (Å²) < 4.78 is 5.54. The zero-order valence-corrected chi connectivity index (χ0v) is 16.7. The Kier molecular flexibility index (Phi) is 7.33. The van der Waals surface area contributed by atoms with E-state index < -0.39 is 0 Å². The van der Waals surface area contributed by atoms with Gasteiger partial charge in [0.05, 0.1) is 6.61 Å². The van der Waals surface area contributed by atoms with E-state index in [1.165, 1.54) is 23.3 Å². The van der Waals surface area contributed by atoms with E-state index in [2.05, 4.69) is 33.1 Å². The van der Waals surface area contributed by atoms with Crippen LogP contribution in [0.3, 0.4) is 0 Å². The number of aromatic hydroxyl groups is 1. The highest BCUT2D eigenvalue weighted by Crippen LogP contribution is 2.25. The van der Waals surface area contributed by atoms with Crippen LogP contribution >= 0.6 is 0 Å². The average molecular weight is 396 g/mol. The van der Waals surface area contributed by atoms with Gasteiger partial charge in [-0.25, -0.2) is 0 Å². The number of fused-ring (bicyclic) bond motifs is 1. The molecule has 0 bridgehead atoms. The Balaban J connectivity index is 1.42. The van der Waals surface area contributed by atoms with E-state index in [-0.39, 0.29) is 11.7 Å². The molecule has 0 saturated carbocycles. The van der Waals surface area contributed by atoms with Crippen LogP contribution in [0, 0.1) is 0 Å². The maximum Gasteiger partial charge on any atom is 0.251 e. The third-order valence-corrected chi connectivity index (χ3v) is 4.60. The largest absolute Gasteiger partial charge is 0.508 e. The fourth-order valence-corrected chi connectivity index (χ4v) is 3.11. The second-order valence-electron chi connectivity index (χ2n) is 6.78. The molecule has 7 nitrogen and oxygen atoms in total. The summed E-state index contributed by atoms with van der Waals surface area (Å²) in [6.45, 7) is 5.26. The predicted molar refractivity (Wildman–Crippen MR) is 114 cm³/mol. The summed E-state index contributed by atoms with van der Waals surface area (Å²) in [6, 6.07) is 12.5. The number of guanidine groups is 1. The maximum absolute atomic E-state index is 12.1. The third-order valence-electron chi connectivity index (χ3n) is 4.60. The summed E-state index contributed by atoms with van der Waals surface area (Å²) in [5.74, 6) is 1.70. The fourth-order valence-electron chi connectivity index (χ4n) is 3.11. The number of rotatable bonds is 8. The first-order chi connectivity index (χ1) is 14.2. The van der Waals surface area contributed by atoms with Gasteiger partial charge in [0, 0.05) is 38.2 Å². The van der Waals surface area contributed by atoms with Crippen molar-refractivity contribution in [3.63, 3.8) is 0 Å². The lowest BCUT2D eigenvalue weighted by Gasteiger charge is -2.12. The molecule has 2 aromatic carbocycles. The number of hydrogen-bond donors (Lipinski definition) is 4. The molecule has 0 saturated heterocycles. The lowest BCUT2D eigenvalue weighted by atomic mass is 10.1. The highest BCUT2D eigenvalue weighted by Gasteiger charge is 2.11. The minimum atomic E-state index is -0.172. The van der Waals surface area contributed by atoms with Crippen molar-refractivity contribution < 1.29 is 14.6 Å². The third kappa shape index (κ3) is 6.14. The van der Waals surface area contributed by atoms with Crippen LogP contribution < -0.4 is 20.7 Å². The summed E-state index contributed by atoms with van der Waals surface area (Å²) >= 11 is 0. The molecule has 0 aliphatic carbocycles. The number of phenols is 1. The zero-order chi connectivity index (χ0) is 20.5. The van der Waals surface area contributed by atoms with Crippen LogP contribution in [0.15, 0.2) is 47.5 Å². The molecule has 3 rings (SSSR count). The molecule has 1 aliphatic heterocycles. The molecule has 7 heteroatoms. The first kappa shape index (κ1) is 20.5. The van der Waals surface area contributed by atoms with Gasteiger partial charge in [-0.3, -0.25) is 9.79 Å². The lowest BCUT2D eigenvalue weighted by molar-refractivity contribution is 0.0954. The monoisotopic (exact) mass is 396 g/mol. The summed E-state index contributed by atoms with van der Waals surface area (Å²) in [5.41, 5.74) is 3.05. The zero-order valence-electron chi connectivity index (χ0n) is 16.7. The lowest BCUT2D eigenvalue weighted by Crippen LogP contribution is -2.41. The molecule has 0 atom stereocenters. The van der Waals surface area contributed by atoms with Gasteiger partial charge < -0.3 is 25.8 Å². The van der Waals surface area contributed by atoms with Gasteiger partial charge in [0.1, 0.15) is 11.5 Å². The highest BCUT2D eigenvalue weighted by atomic mass is 16.5. The van der Waals surface area contributed by atoms with Crippen molar-refractivity contribution in [3.8, 4) is 11.5 Å². The van der Waals surface area contributed by atoms with Crippen LogP contribution in [0.2, 0.25) is 0 Å². The van der Waals surface area contributed by atoms with Crippen LogP contribution in [0.1, 0.15) is 28.4 Å². The molecule has 0 fully saturated rings. The van der Waals surface area contributed by atoms with Crippen LogP contribution in [-0.4, -0.2) is 49.8 Å². The molecule has 1 heterocycles. The number of hydrogen-bond acceptors (Lipinski definition) is 4. The van der Waals surface area contributed by atoms with Crippen molar-refractivity contribution >= 4 is 11.9 Å². The topological polar surface area (TPSA) is 95.0 Å². The molecular weight excluding hydrogens is 368 g/mol. The van der Waals surface area contributed by atoms with E-state index >= 15 is 0 Å². The molecule has 29 heavy (non-hydrogen) atoms. The number of carbonyl (C=O) groups excluding carboxylic acids is 1. The number of nitrogens with zero attached hydrogens (tertiary/aromatic N) is 1. The number of ether oxygens (including phenoxy) is 1. The molecule has 1 amide bonds. The Labute approximate surface area is 171 Å². The SMILES string of the molecule is CCNC(=NCCc1ccc2c(c1)CCO2)NCCNC(=O)c1ccc(O)cc1. The molecule has 0 unspecified atom stereocenters. The van der Waals surface area contributed by atoms with Crippen molar-refractivity contribution in [1.29, 1.82) is 0 Å². The standard InChI is InChI=1S/C22H28N4O3/c1-2-23-22(25-11-9-16-3-8-20-18(15-16)10-14-29-20)26-13-12-24-21(28)17-4-6-19(27)7-5-17/h3-8,15,27H,2,9-14H2,1H3,(H,24,28)(H2,23,25,26). The Morgan fingerprint density at radius 1 is 1.10 bits per heavy atom. The number of carbonyl (C=O) groups is 1. The van der Waals surface area contributed by atoms with Crippen molar-refractivity contribution in [1.82, 2.24) is 16.0 Å². The Morgan fingerprint density at radius 3 is 2.69 bits per heavy atom. The van der Waals surface area contributed by atoms with Gasteiger partial charge in [-0.05, 0) is 54.8 Å². The van der Waals surface area contributed by atoms with Gasteiger partial charge >= 0.3 is 0 Å². The number of nitrogens with one attached hydrogen (secondary N) is 3. The predicted octanol–water partition coefficient (Wildman–Crippen LogP) is 1.85. The van der Waals surface area contributed by atoms with Crippen molar-refractivity contribution in [2.24, 2.45) is 4.99 Å². The van der Waals surface area contributed by atoms with Crippen molar-refractivity contribution in [2.45, 2.75) is 19.8 Å². The average Bonchev–Trinajstić information content (AvgIpc) is 3.19. The summed E-state index contributed by atoms with van der Waals surface area (Å²) in [5, 5.41) is 18.6. The first-order valence-corrected chi connectivity index (χ1v) is 9.99. The van der Waals surface area contributed by atoms with E-state index in [0.29, 0.717) is 25.2 Å². The van der Waals surface area contributed by atoms with Crippen LogP contribution in [-0.2, 0) is 12.8 Å². The number of phenolic OH excluding ortho intramolecular Hbond substituents is 1. The van der Waals surface area contributed by atoms with Gasteiger partial charge in [-0.1, -0.05) is 12.1 Å². The first-order valence-electron chi connectivity index (χ1n) is 9.99. The van der Waals surface area contributed by atoms with E-state index in [0.717, 1.165) is 37.7 Å². The molecule has 0 aromatic heterocycles. The fraction of sp³-hybridized carbons (Fsp3) is 0.364. The van der Waals surface area contributed by atoms with Gasteiger partial charge in [0.15, 0.2) is 5.96 Å². The van der Waals surface area contributed by atoms with Crippen molar-refractivity contribution in [2.75, 3.05) is 32.8 Å². The minimum Gasteiger partial charge on any atom is -0.508 e. The smallest absolute Gasteiger partial charge is 0.251 e. The molecule has 2 aromatic rings. The summed E-state index contributed by atoms with van der Waals surface area (Å²) in [6.07, 6.45) is 1.84. The Morgan fingerprint density at radius 2 is 1.90 bits per heavy atom. The minimum absolute atomic E-state index is 0.142. The molecule has 154 valence electrons. The van der Waals surface area contributed by atoms with Gasteiger partial charge in [0.25, 0.3) is 5.91 Å². The Hall–Kier alpha value is -3.22. The van der Waals surface area contributed by atoms with E-state index in [9.17, 15) is 9.90 Å². The quantitative estimate of drug-likeness (QED) is 0.310. The van der Waals surface area contributed by atoms with E-state index in [1.54, 1.807) is 12.1 Å². The number of aliphatic imine (C=N–C) groups is 1. The Bertz CT molecular complexity index is 850. The summed E-state index contributed by atoms with van der Waals surface area (Å²) in [4.78, 5) is 16.7. The van der Waals surface area contributed by atoms with Gasteiger partial charge in [-0.15, -0.1) is 0 Å². The van der Waals surface area contributed by atoms with Gasteiger partial charge in [-0.2, -0.15) is 0 Å². The maximum atomic E-state index is 12.1. The second kappa shape index (κ2) is 10.4. The van der Waals surface area contributed by atoms with Crippen LogP contribution in [0.4, 0.5) is 0 Å². The second-order valence-corrected chi connectivity index (χ2v) is 6.78. The van der Waals surface area contributed by atoms with E-state index in [1.807, 2.05) is 13.0 Å². The van der Waals surface area contributed by atoms with Gasteiger partial charge in [0.2, 0.25) is 0 Å². The molecule has 0 radical (unpaired) electrons. The normalized spacial score (nSPS) is 12.8. The molecule has 0 spiro atoms. The molecule has 4 N–H and O–H groups in total. The molecular formula is C22H28N4O3. The summed E-state index contributed by atoms with van der Waals surface area (Å²) in [7, 11) is 0. The van der Waals surface area contributed by atoms with Crippen LogP contribution in [0.5, 0.6) is 11.5 Å². The highest BCUT2D eigenvalue weighted by molar-refractivity contribution is 5.94. The van der Waals surface area contributed by atoms with E-state index in [4.69, 9.17) is 4.74 Å². The molecule has 1 aliphatic rings.